The van der Waals surface area contributed by atoms with E-state index in [0.29, 0.717) is 5.56 Å². The van der Waals surface area contributed by atoms with Crippen LogP contribution in [0.5, 0.6) is 0 Å². The van der Waals surface area contributed by atoms with E-state index in [0.717, 1.165) is 0 Å². The summed E-state index contributed by atoms with van der Waals surface area (Å²) in [5, 5.41) is 0. The monoisotopic (exact) mass is 202 g/mol. The molecule has 0 fully saturated rings. The quantitative estimate of drug-likeness (QED) is 0.544. The van der Waals surface area contributed by atoms with Gasteiger partial charge in [-0.2, -0.15) is 0 Å². The second-order valence-corrected chi connectivity index (χ2v) is 3.98. The van der Waals surface area contributed by atoms with Gasteiger partial charge in [-0.1, -0.05) is 36.4 Å². The first kappa shape index (κ1) is 10.1. The van der Waals surface area contributed by atoms with Gasteiger partial charge < -0.3 is 4.74 Å². The summed E-state index contributed by atoms with van der Waals surface area (Å²) in [5.74, 6) is 0.0173. The molecule has 0 radical (unpaired) electrons. The standard InChI is InChI=1S/C13H14O2/c1-10-8-9-13(2,15-10)12(14)11-6-4-3-5-7-11/h3-10H,1-2H3. The summed E-state index contributed by atoms with van der Waals surface area (Å²) in [4.78, 5) is 12.1. The minimum atomic E-state index is -0.791. The molecule has 15 heavy (non-hydrogen) atoms. The van der Waals surface area contributed by atoms with Crippen LogP contribution >= 0.6 is 0 Å². The van der Waals surface area contributed by atoms with Crippen molar-refractivity contribution >= 4 is 5.78 Å². The van der Waals surface area contributed by atoms with Gasteiger partial charge in [0.05, 0.1) is 6.10 Å². The van der Waals surface area contributed by atoms with Gasteiger partial charge in [-0.25, -0.2) is 0 Å². The molecule has 0 amide bonds. The van der Waals surface area contributed by atoms with Crippen molar-refractivity contribution < 1.29 is 9.53 Å². The molecule has 0 N–H and O–H groups in total. The minimum absolute atomic E-state index is 0.0164. The van der Waals surface area contributed by atoms with Crippen molar-refractivity contribution in [2.75, 3.05) is 0 Å². The Kier molecular flexibility index (Phi) is 2.45. The Balaban J connectivity index is 2.26. The molecule has 2 rings (SSSR count). The Morgan fingerprint density at radius 2 is 2.00 bits per heavy atom. The van der Waals surface area contributed by atoms with E-state index in [-0.39, 0.29) is 11.9 Å². The number of carbonyl (C=O) groups excluding carboxylic acids is 1. The number of carbonyl (C=O) groups is 1. The number of rotatable bonds is 2. The predicted octanol–water partition coefficient (Wildman–Crippen LogP) is 2.60. The average Bonchev–Trinajstić information content (AvgIpc) is 2.60. The molecule has 2 heteroatoms. The van der Waals surface area contributed by atoms with E-state index in [2.05, 4.69) is 0 Å². The lowest BCUT2D eigenvalue weighted by Crippen LogP contribution is -2.35. The van der Waals surface area contributed by atoms with E-state index in [1.165, 1.54) is 0 Å². The fraction of sp³-hybridized carbons (Fsp3) is 0.308. The van der Waals surface area contributed by atoms with Crippen LogP contribution in [0.15, 0.2) is 42.5 Å². The number of benzene rings is 1. The van der Waals surface area contributed by atoms with Crippen LogP contribution in [0.3, 0.4) is 0 Å². The average molecular weight is 202 g/mol. The third-order valence-electron chi connectivity index (χ3n) is 2.60. The zero-order chi connectivity index (χ0) is 10.9. The molecule has 0 spiro atoms. The summed E-state index contributed by atoms with van der Waals surface area (Å²) < 4.78 is 5.60. The highest BCUT2D eigenvalue weighted by molar-refractivity contribution is 6.03. The number of ketones is 1. The molecule has 0 aromatic heterocycles. The van der Waals surface area contributed by atoms with Gasteiger partial charge in [-0.15, -0.1) is 0 Å². The summed E-state index contributed by atoms with van der Waals surface area (Å²) in [6.45, 7) is 3.74. The molecule has 2 nitrogen and oxygen atoms in total. The number of Topliss-reactive ketones (excluding diaryl/α,β-unsaturated/α-hetero) is 1. The van der Waals surface area contributed by atoms with Crippen molar-refractivity contribution in [2.45, 2.75) is 25.6 Å². The van der Waals surface area contributed by atoms with E-state index < -0.39 is 5.60 Å². The maximum Gasteiger partial charge on any atom is 0.198 e. The zero-order valence-corrected chi connectivity index (χ0v) is 8.94. The Hall–Kier alpha value is -1.41. The second-order valence-electron chi connectivity index (χ2n) is 3.98. The van der Waals surface area contributed by atoms with Crippen molar-refractivity contribution in [1.29, 1.82) is 0 Å². The highest BCUT2D eigenvalue weighted by Gasteiger charge is 2.36. The van der Waals surface area contributed by atoms with Crippen molar-refractivity contribution in [2.24, 2.45) is 0 Å². The molecule has 0 bridgehead atoms. The smallest absolute Gasteiger partial charge is 0.198 e. The lowest BCUT2D eigenvalue weighted by Gasteiger charge is -2.21. The largest absolute Gasteiger partial charge is 0.356 e. The van der Waals surface area contributed by atoms with Crippen LogP contribution in [-0.2, 0) is 4.74 Å². The van der Waals surface area contributed by atoms with Crippen LogP contribution in [0.25, 0.3) is 0 Å². The summed E-state index contributed by atoms with van der Waals surface area (Å²) in [7, 11) is 0. The molecule has 0 saturated carbocycles. The van der Waals surface area contributed by atoms with Crippen LogP contribution in [-0.4, -0.2) is 17.5 Å². The third kappa shape index (κ3) is 1.85. The van der Waals surface area contributed by atoms with Crippen LogP contribution in [0.1, 0.15) is 24.2 Å². The van der Waals surface area contributed by atoms with Gasteiger partial charge in [0.1, 0.15) is 5.60 Å². The number of hydrogen-bond donors (Lipinski definition) is 0. The summed E-state index contributed by atoms with van der Waals surface area (Å²) in [6, 6.07) is 9.24. The van der Waals surface area contributed by atoms with E-state index in [1.54, 1.807) is 0 Å². The van der Waals surface area contributed by atoms with Gasteiger partial charge in [0, 0.05) is 5.56 Å². The van der Waals surface area contributed by atoms with Crippen molar-refractivity contribution in [3.05, 3.63) is 48.0 Å². The zero-order valence-electron chi connectivity index (χ0n) is 8.94. The first-order valence-corrected chi connectivity index (χ1v) is 5.09. The molecule has 0 aliphatic carbocycles. The van der Waals surface area contributed by atoms with Gasteiger partial charge in [-0.3, -0.25) is 4.79 Å². The van der Waals surface area contributed by atoms with Crippen molar-refractivity contribution in [3.63, 3.8) is 0 Å². The van der Waals surface area contributed by atoms with Gasteiger partial charge in [0.25, 0.3) is 0 Å². The van der Waals surface area contributed by atoms with Gasteiger partial charge >= 0.3 is 0 Å². The number of ether oxygens (including phenoxy) is 1. The van der Waals surface area contributed by atoms with Gasteiger partial charge in [0.15, 0.2) is 5.78 Å². The van der Waals surface area contributed by atoms with Crippen LogP contribution in [0.2, 0.25) is 0 Å². The molecule has 0 saturated heterocycles. The lowest BCUT2D eigenvalue weighted by atomic mass is 9.95. The van der Waals surface area contributed by atoms with E-state index >= 15 is 0 Å². The minimum Gasteiger partial charge on any atom is -0.356 e. The molecule has 2 atom stereocenters. The summed E-state index contributed by atoms with van der Waals surface area (Å²) in [5.41, 5.74) is -0.0976. The third-order valence-corrected chi connectivity index (χ3v) is 2.60. The fourth-order valence-electron chi connectivity index (χ4n) is 1.79. The van der Waals surface area contributed by atoms with Crippen LogP contribution in [0.4, 0.5) is 0 Å². The van der Waals surface area contributed by atoms with Gasteiger partial charge in [0.2, 0.25) is 0 Å². The van der Waals surface area contributed by atoms with E-state index in [1.807, 2.05) is 56.3 Å². The molecule has 1 aromatic carbocycles. The summed E-state index contributed by atoms with van der Waals surface area (Å²) >= 11 is 0. The highest BCUT2D eigenvalue weighted by atomic mass is 16.5. The van der Waals surface area contributed by atoms with Crippen molar-refractivity contribution in [1.82, 2.24) is 0 Å². The summed E-state index contributed by atoms with van der Waals surface area (Å²) in [6.07, 6.45) is 3.77. The Morgan fingerprint density at radius 3 is 2.53 bits per heavy atom. The molecular formula is C13H14O2. The Morgan fingerprint density at radius 1 is 1.33 bits per heavy atom. The van der Waals surface area contributed by atoms with E-state index in [4.69, 9.17) is 4.74 Å². The number of hydrogen-bond acceptors (Lipinski definition) is 2. The normalized spacial score (nSPS) is 29.3. The molecular weight excluding hydrogens is 188 g/mol. The van der Waals surface area contributed by atoms with Crippen molar-refractivity contribution in [3.8, 4) is 0 Å². The lowest BCUT2D eigenvalue weighted by molar-refractivity contribution is 0.00547. The molecule has 2 unspecified atom stereocenters. The van der Waals surface area contributed by atoms with Gasteiger partial charge in [-0.05, 0) is 19.9 Å². The SMILES string of the molecule is CC1C=CC(C)(C(=O)c2ccccc2)O1. The molecule has 78 valence electrons. The Labute approximate surface area is 89.6 Å². The first-order valence-electron chi connectivity index (χ1n) is 5.09. The maximum absolute atomic E-state index is 12.1. The maximum atomic E-state index is 12.1. The van der Waals surface area contributed by atoms with Crippen LogP contribution < -0.4 is 0 Å². The highest BCUT2D eigenvalue weighted by Crippen LogP contribution is 2.26. The van der Waals surface area contributed by atoms with Crippen LogP contribution in [0, 0.1) is 0 Å². The van der Waals surface area contributed by atoms with E-state index in [9.17, 15) is 4.79 Å². The topological polar surface area (TPSA) is 26.3 Å². The second kappa shape index (κ2) is 3.63. The first-order chi connectivity index (χ1) is 7.12. The molecule has 1 heterocycles. The molecule has 1 aliphatic rings. The fourth-order valence-corrected chi connectivity index (χ4v) is 1.79. The Bertz CT molecular complexity index is 394. The molecule has 1 aliphatic heterocycles. The predicted molar refractivity (Wildman–Crippen MR) is 58.9 cm³/mol. The molecule has 1 aromatic rings.